The molecule has 1 aliphatic heterocycles. The van der Waals surface area contributed by atoms with Crippen molar-refractivity contribution in [3.8, 4) is 0 Å². The van der Waals surface area contributed by atoms with E-state index in [0.29, 0.717) is 50.2 Å². The predicted molar refractivity (Wildman–Crippen MR) is 197 cm³/mol. The van der Waals surface area contributed by atoms with Crippen LogP contribution in [-0.4, -0.2) is 104 Å². The van der Waals surface area contributed by atoms with Gasteiger partial charge in [0.1, 0.15) is 30.4 Å². The fourth-order valence-corrected chi connectivity index (χ4v) is 8.75. The molecule has 5 amide bonds. The monoisotopic (exact) mass is 734 g/mol. The molecule has 0 aromatic carbocycles. The molecule has 14 heteroatoms. The van der Waals surface area contributed by atoms with Crippen molar-refractivity contribution in [2.45, 2.75) is 154 Å². The summed E-state index contributed by atoms with van der Waals surface area (Å²) in [6.45, 7) is 5.82. The Balaban J connectivity index is 1.66. The Morgan fingerprint density at radius 3 is 2.10 bits per heavy atom. The molecule has 3 aliphatic carbocycles. The van der Waals surface area contributed by atoms with Crippen LogP contribution in [0.2, 0.25) is 0 Å². The highest BCUT2D eigenvalue weighted by Crippen LogP contribution is 2.60. The quantitative estimate of drug-likeness (QED) is 0.135. The van der Waals surface area contributed by atoms with Gasteiger partial charge in [0, 0.05) is 20.2 Å². The van der Waals surface area contributed by atoms with E-state index in [1.54, 1.807) is 14.0 Å². The SMILES string of the molecule is CCC[C@H]1C(=O)N[C@@H](C2CCCCCC2)C(=O)N[C@@H](CN)C(=O)N[C@@H](COCCCN)C(=O)N[C@H](C)O[C@H](CC2CC3(CCC3)C2)[C@@H](C)C(=O)N1C. The Morgan fingerprint density at radius 1 is 0.846 bits per heavy atom. The highest BCUT2D eigenvalue weighted by atomic mass is 16.5. The number of likely N-dealkylation sites (N-methyl/N-ethyl adjacent to an activating group) is 1. The Bertz CT molecular complexity index is 1200. The Kier molecular flexibility index (Phi) is 16.2. The molecule has 1 spiro atoms. The number of carbonyl (C=O) groups is 5. The molecule has 296 valence electrons. The van der Waals surface area contributed by atoms with Crippen molar-refractivity contribution in [3.05, 3.63) is 0 Å². The van der Waals surface area contributed by atoms with E-state index in [1.165, 1.54) is 24.2 Å². The first-order chi connectivity index (χ1) is 24.9. The molecule has 4 aliphatic rings. The standard InChI is InChI=1S/C38H67N7O7/c1-5-12-30-35(48)44-32(27-13-8-6-7-9-14-27)36(49)42-28(22-40)33(46)43-29(23-51-18-11-17-39)34(47)41-25(3)52-31(24(2)37(50)45(30)4)19-26-20-38(21-26)15-10-16-38/h24-32H,5-23,39-40H2,1-4H3,(H,41,47)(H,42,49)(H,43,46)(H,44,48)/t24-,25+,28+,29+,30+,31-,32+/m1/s1. The topological polar surface area (TPSA) is 207 Å². The molecule has 0 unspecified atom stereocenters. The highest BCUT2D eigenvalue weighted by molar-refractivity contribution is 5.96. The molecule has 8 N–H and O–H groups in total. The van der Waals surface area contributed by atoms with Gasteiger partial charge in [0.25, 0.3) is 0 Å². The number of ether oxygens (including phenoxy) is 2. The zero-order valence-electron chi connectivity index (χ0n) is 32.1. The molecule has 0 bridgehead atoms. The Hall–Kier alpha value is -2.81. The Labute approximate surface area is 310 Å². The van der Waals surface area contributed by atoms with Gasteiger partial charge < -0.3 is 47.1 Å². The van der Waals surface area contributed by atoms with E-state index in [4.69, 9.17) is 20.9 Å². The number of hydrogen-bond donors (Lipinski definition) is 6. The lowest BCUT2D eigenvalue weighted by Crippen LogP contribution is -2.62. The van der Waals surface area contributed by atoms with Gasteiger partial charge in [-0.1, -0.05) is 52.4 Å². The van der Waals surface area contributed by atoms with Gasteiger partial charge in [-0.25, -0.2) is 0 Å². The molecule has 1 heterocycles. The maximum Gasteiger partial charge on any atom is 0.246 e. The van der Waals surface area contributed by atoms with Gasteiger partial charge in [-0.2, -0.15) is 0 Å². The van der Waals surface area contributed by atoms with E-state index in [0.717, 1.165) is 51.4 Å². The molecular formula is C38H67N7O7. The van der Waals surface area contributed by atoms with Crippen molar-refractivity contribution in [3.63, 3.8) is 0 Å². The number of amides is 5. The third-order valence-corrected chi connectivity index (χ3v) is 12.0. The van der Waals surface area contributed by atoms with Crippen molar-refractivity contribution in [1.82, 2.24) is 26.2 Å². The normalized spacial score (nSPS) is 32.0. The summed E-state index contributed by atoms with van der Waals surface area (Å²) in [5.74, 6) is -2.69. The van der Waals surface area contributed by atoms with Crippen molar-refractivity contribution in [2.24, 2.45) is 34.6 Å². The second-order valence-electron chi connectivity index (χ2n) is 16.0. The second kappa shape index (κ2) is 20.0. The molecular weight excluding hydrogens is 666 g/mol. The number of nitrogens with one attached hydrogen (secondary N) is 4. The van der Waals surface area contributed by atoms with Crippen molar-refractivity contribution in [2.75, 3.05) is 33.4 Å². The first-order valence-electron chi connectivity index (χ1n) is 20.0. The first kappa shape index (κ1) is 41.9. The number of rotatable bonds is 11. The van der Waals surface area contributed by atoms with Crippen LogP contribution in [0.1, 0.15) is 117 Å². The summed E-state index contributed by atoms with van der Waals surface area (Å²) in [4.78, 5) is 71.4. The van der Waals surface area contributed by atoms with Crippen LogP contribution in [0.25, 0.3) is 0 Å². The molecule has 1 saturated heterocycles. The minimum atomic E-state index is -1.17. The van der Waals surface area contributed by atoms with Crippen LogP contribution in [-0.2, 0) is 33.4 Å². The van der Waals surface area contributed by atoms with Crippen molar-refractivity contribution >= 4 is 29.5 Å². The summed E-state index contributed by atoms with van der Waals surface area (Å²) in [6, 6.07) is -4.04. The molecule has 3 saturated carbocycles. The summed E-state index contributed by atoms with van der Waals surface area (Å²) >= 11 is 0. The van der Waals surface area contributed by atoms with Gasteiger partial charge in [0.15, 0.2) is 0 Å². The van der Waals surface area contributed by atoms with Crippen LogP contribution in [0.4, 0.5) is 0 Å². The smallest absolute Gasteiger partial charge is 0.246 e. The van der Waals surface area contributed by atoms with Crippen molar-refractivity contribution in [1.29, 1.82) is 0 Å². The minimum Gasteiger partial charge on any atom is -0.379 e. The Morgan fingerprint density at radius 2 is 1.50 bits per heavy atom. The highest BCUT2D eigenvalue weighted by Gasteiger charge is 2.49. The predicted octanol–water partition coefficient (Wildman–Crippen LogP) is 1.83. The molecule has 14 nitrogen and oxygen atoms in total. The average Bonchev–Trinajstić information content (AvgIpc) is 3.37. The van der Waals surface area contributed by atoms with Gasteiger partial charge in [0.2, 0.25) is 29.5 Å². The second-order valence-corrected chi connectivity index (χ2v) is 16.0. The number of hydrogen-bond acceptors (Lipinski definition) is 9. The molecule has 4 rings (SSSR count). The lowest BCUT2D eigenvalue weighted by atomic mass is 9.51. The fourth-order valence-electron chi connectivity index (χ4n) is 8.75. The molecule has 7 atom stereocenters. The summed E-state index contributed by atoms with van der Waals surface area (Å²) in [6.07, 6.45) is 12.3. The van der Waals surface area contributed by atoms with Gasteiger partial charge in [0.05, 0.1) is 18.6 Å². The zero-order valence-corrected chi connectivity index (χ0v) is 32.1. The minimum absolute atomic E-state index is 0.137. The van der Waals surface area contributed by atoms with Gasteiger partial charge >= 0.3 is 0 Å². The van der Waals surface area contributed by atoms with E-state index < -0.39 is 66.0 Å². The summed E-state index contributed by atoms with van der Waals surface area (Å²) in [5.41, 5.74) is 12.1. The van der Waals surface area contributed by atoms with Crippen LogP contribution in [0.3, 0.4) is 0 Å². The third kappa shape index (κ3) is 11.1. The maximum absolute atomic E-state index is 14.3. The van der Waals surface area contributed by atoms with E-state index in [-0.39, 0.29) is 25.0 Å². The van der Waals surface area contributed by atoms with E-state index >= 15 is 0 Å². The lowest BCUT2D eigenvalue weighted by molar-refractivity contribution is -0.152. The third-order valence-electron chi connectivity index (χ3n) is 12.0. The van der Waals surface area contributed by atoms with Crippen LogP contribution in [0, 0.1) is 23.2 Å². The van der Waals surface area contributed by atoms with Crippen LogP contribution in [0.5, 0.6) is 0 Å². The molecule has 0 aromatic rings. The summed E-state index contributed by atoms with van der Waals surface area (Å²) in [5, 5.41) is 11.4. The van der Waals surface area contributed by atoms with Crippen molar-refractivity contribution < 1.29 is 33.4 Å². The molecule has 0 radical (unpaired) electrons. The summed E-state index contributed by atoms with van der Waals surface area (Å²) in [7, 11) is 1.65. The van der Waals surface area contributed by atoms with E-state index in [9.17, 15) is 24.0 Å². The van der Waals surface area contributed by atoms with E-state index in [2.05, 4.69) is 21.3 Å². The zero-order chi connectivity index (χ0) is 37.8. The molecule has 4 fully saturated rings. The number of nitrogens with zero attached hydrogens (tertiary/aromatic N) is 1. The van der Waals surface area contributed by atoms with Gasteiger partial charge in [-0.15, -0.1) is 0 Å². The number of carbonyl (C=O) groups excluding carboxylic acids is 5. The van der Waals surface area contributed by atoms with Crippen LogP contribution < -0.4 is 32.7 Å². The summed E-state index contributed by atoms with van der Waals surface area (Å²) < 4.78 is 12.2. The lowest BCUT2D eigenvalue weighted by Gasteiger charge is -2.55. The van der Waals surface area contributed by atoms with Gasteiger partial charge in [-0.05, 0) is 88.5 Å². The number of nitrogens with two attached hydrogens (primary N) is 2. The fraction of sp³-hybridized carbons (Fsp3) is 0.868. The largest absolute Gasteiger partial charge is 0.379 e. The molecule has 52 heavy (non-hydrogen) atoms. The van der Waals surface area contributed by atoms with Gasteiger partial charge in [-0.3, -0.25) is 24.0 Å². The van der Waals surface area contributed by atoms with Crippen LogP contribution in [0.15, 0.2) is 0 Å². The first-order valence-corrected chi connectivity index (χ1v) is 20.0. The van der Waals surface area contributed by atoms with Crippen LogP contribution >= 0.6 is 0 Å². The van der Waals surface area contributed by atoms with E-state index in [1.807, 2.05) is 13.8 Å². The molecule has 0 aromatic heterocycles. The maximum atomic E-state index is 14.3. The average molecular weight is 734 g/mol.